The second-order valence-electron chi connectivity index (χ2n) is 34.7. The van der Waals surface area contributed by atoms with Gasteiger partial charge in [-0.15, -0.1) is 6.58 Å². The normalized spacial score (nSPS) is 17.5. The van der Waals surface area contributed by atoms with Crippen molar-refractivity contribution >= 4 is 45.7 Å². The van der Waals surface area contributed by atoms with Crippen LogP contribution < -0.4 is 43.6 Å². The Morgan fingerprint density at radius 1 is 0.408 bits per heavy atom. The molecule has 0 aliphatic carbocycles. The first-order valence-electron chi connectivity index (χ1n) is 42.6. The number of hydrogen-bond acceptors (Lipinski definition) is 16. The summed E-state index contributed by atoms with van der Waals surface area (Å²) >= 11 is 6.01. The van der Waals surface area contributed by atoms with Crippen molar-refractivity contribution in [2.45, 2.75) is 143 Å². The Morgan fingerprint density at radius 2 is 0.792 bits per heavy atom. The molecule has 0 spiro atoms. The molecule has 0 atom stereocenters. The highest BCUT2D eigenvalue weighted by Crippen LogP contribution is 2.45. The predicted molar refractivity (Wildman–Crippen MR) is 477 cm³/mol. The van der Waals surface area contributed by atoms with Crippen LogP contribution in [0.2, 0.25) is 5.02 Å². The zero-order chi connectivity index (χ0) is 93.0. The molecule has 125 heavy (non-hydrogen) atoms. The van der Waals surface area contributed by atoms with Gasteiger partial charge in [-0.2, -0.15) is 65.9 Å². The lowest BCUT2D eigenvalue weighted by Crippen LogP contribution is -2.52. The summed E-state index contributed by atoms with van der Waals surface area (Å²) in [5.74, 6) is 2.02. The summed E-state index contributed by atoms with van der Waals surface area (Å²) in [6, 6.07) is 21.7. The number of rotatable bonds is 16. The first kappa shape index (κ1) is 104. The van der Waals surface area contributed by atoms with Gasteiger partial charge in [0.25, 0.3) is 0 Å². The van der Waals surface area contributed by atoms with E-state index in [0.29, 0.717) is 106 Å². The molecule has 6 saturated heterocycles. The molecule has 0 amide bonds. The number of anilines is 6. The van der Waals surface area contributed by atoms with Gasteiger partial charge in [-0.05, 0) is 239 Å². The smallest absolute Gasteiger partial charge is 0.417 e. The minimum atomic E-state index is -4.42. The van der Waals surface area contributed by atoms with Gasteiger partial charge in [-0.3, -0.25) is 9.80 Å². The van der Waals surface area contributed by atoms with Crippen molar-refractivity contribution < 1.29 is 84.8 Å². The molecule has 16 nitrogen and oxygen atoms in total. The van der Waals surface area contributed by atoms with Crippen LogP contribution in [-0.2, 0) is 41.0 Å². The van der Waals surface area contributed by atoms with E-state index >= 15 is 0 Å². The number of benzene rings is 6. The van der Waals surface area contributed by atoms with Crippen LogP contribution in [0.3, 0.4) is 0 Å². The molecule has 32 heteroatoms. The Hall–Kier alpha value is -7.78. The monoisotopic (exact) mass is 1800 g/mol. The zero-order valence-corrected chi connectivity index (χ0v) is 77.1. The van der Waals surface area contributed by atoms with E-state index in [-0.39, 0.29) is 10.4 Å². The number of likely N-dealkylation sites (N-methyl/N-ethyl adjacent to an activating group) is 4. The summed E-state index contributed by atoms with van der Waals surface area (Å²) < 4.78 is 216. The lowest BCUT2D eigenvalue weighted by molar-refractivity contribution is -0.138. The summed E-state index contributed by atoms with van der Waals surface area (Å²) in [5.41, 5.74) is 6.54. The van der Waals surface area contributed by atoms with E-state index in [1.807, 2.05) is 66.0 Å². The van der Waals surface area contributed by atoms with E-state index in [2.05, 4.69) is 99.7 Å². The molecule has 0 bridgehead atoms. The van der Waals surface area contributed by atoms with Crippen molar-refractivity contribution in [3.05, 3.63) is 169 Å². The van der Waals surface area contributed by atoms with Crippen LogP contribution in [0.5, 0.6) is 17.2 Å². The van der Waals surface area contributed by atoms with E-state index < -0.39 is 58.7 Å². The second-order valence-corrected chi connectivity index (χ2v) is 35.1. The van der Waals surface area contributed by atoms with Gasteiger partial charge in [0.15, 0.2) is 0 Å². The SMILES string of the molecule is C=CCN(C)c1cc(C(C)(C)C)cc(C)c1OC.COCCN1CCN(c2cc(C)cc(C(F)(F)F)c2)CC1.COc1c(C)cc(C(F)(F)F)cc1N1CCC(N(C)C)CC1.COc1c(C)cc(C(F)(F)F)cc1N1CCN(C)CC1.Cc1cc(N2CCC(N3CCN(C)CC3)CC2)cc(C(F)(F)F)c1.Cc1cc(N2CCCN(C)CC2)c(Cl)c(C(F)(F)F)c1. The molecular weight excluding hydrogens is 1670 g/mol. The number of halogens is 16. The van der Waals surface area contributed by atoms with Crippen molar-refractivity contribution in [1.29, 1.82) is 0 Å². The Bertz CT molecular complexity index is 4370. The van der Waals surface area contributed by atoms with E-state index in [9.17, 15) is 65.9 Å². The average molecular weight is 1800 g/mol. The zero-order valence-electron chi connectivity index (χ0n) is 76.4. The van der Waals surface area contributed by atoms with Gasteiger partial charge >= 0.3 is 30.9 Å². The molecule has 6 aliphatic rings. The fourth-order valence-corrected chi connectivity index (χ4v) is 16.7. The Labute approximate surface area is 736 Å². The van der Waals surface area contributed by atoms with Crippen molar-refractivity contribution in [2.75, 3.05) is 251 Å². The maximum absolute atomic E-state index is 13.1. The first-order valence-corrected chi connectivity index (χ1v) is 43.0. The molecule has 0 aromatic heterocycles. The van der Waals surface area contributed by atoms with Crippen LogP contribution in [0, 0.1) is 41.5 Å². The highest BCUT2D eigenvalue weighted by molar-refractivity contribution is 6.34. The van der Waals surface area contributed by atoms with Gasteiger partial charge in [-0.1, -0.05) is 44.5 Å². The molecule has 6 aliphatic heterocycles. The van der Waals surface area contributed by atoms with Crippen molar-refractivity contribution in [1.82, 2.24) is 29.4 Å². The average Bonchev–Trinajstić information content (AvgIpc) is 1.11. The summed E-state index contributed by atoms with van der Waals surface area (Å²) in [7, 11) is 18.7. The lowest BCUT2D eigenvalue weighted by atomic mass is 9.85. The van der Waals surface area contributed by atoms with Gasteiger partial charge in [0.1, 0.15) is 17.2 Å². The van der Waals surface area contributed by atoms with Gasteiger partial charge in [0, 0.05) is 175 Å². The molecule has 0 radical (unpaired) electrons. The van der Waals surface area contributed by atoms with Crippen molar-refractivity contribution in [2.24, 2.45) is 0 Å². The van der Waals surface area contributed by atoms with Crippen LogP contribution in [0.1, 0.15) is 120 Å². The molecule has 700 valence electrons. The largest absolute Gasteiger partial charge is 0.494 e. The third kappa shape index (κ3) is 30.7. The minimum absolute atomic E-state index is 0.140. The fourth-order valence-electron chi connectivity index (χ4n) is 16.4. The molecule has 0 N–H and O–H groups in total. The van der Waals surface area contributed by atoms with Crippen LogP contribution >= 0.6 is 11.6 Å². The van der Waals surface area contributed by atoms with Gasteiger partial charge in [0.05, 0.1) is 83.5 Å². The van der Waals surface area contributed by atoms with Crippen molar-refractivity contribution in [3.8, 4) is 17.2 Å². The molecule has 12 rings (SSSR count). The molecular formula is C93H132ClF15N12O4. The summed E-state index contributed by atoms with van der Waals surface area (Å²) in [6.45, 7) is 40.3. The lowest BCUT2D eigenvalue weighted by Gasteiger charge is -2.42. The Kier molecular flexibility index (Phi) is 38.3. The minimum Gasteiger partial charge on any atom is -0.494 e. The van der Waals surface area contributed by atoms with Gasteiger partial charge in [0.2, 0.25) is 0 Å². The number of ether oxygens (including phenoxy) is 4. The number of alkyl halides is 15. The molecule has 6 aromatic rings. The van der Waals surface area contributed by atoms with E-state index in [4.69, 9.17) is 30.5 Å². The maximum Gasteiger partial charge on any atom is 0.417 e. The summed E-state index contributed by atoms with van der Waals surface area (Å²) in [6.07, 6.45) is -14.9. The topological polar surface area (TPSA) is 75.8 Å². The van der Waals surface area contributed by atoms with E-state index in [0.717, 1.165) is 186 Å². The van der Waals surface area contributed by atoms with E-state index in [1.54, 1.807) is 54.9 Å². The number of nitrogens with zero attached hydrogens (tertiary/aromatic N) is 12. The van der Waals surface area contributed by atoms with Gasteiger partial charge < -0.3 is 67.9 Å². The Balaban J connectivity index is 0.000000206. The number of aryl methyl sites for hydroxylation is 6. The number of piperidine rings is 2. The van der Waals surface area contributed by atoms with Crippen LogP contribution in [0.4, 0.5) is 100.0 Å². The van der Waals surface area contributed by atoms with E-state index in [1.165, 1.54) is 61.7 Å². The standard InChI is InChI=1S/C18H26F3N3.C16H23F3N2O.C16H25NO.C15H21F3N2O.C14H18ClF3N2.C14H19F3N2O/c1-14-11-15(18(19,20)21)13-17(12-14)23-5-3-16(4-6-23)24-9-7-22(2)8-10-24;1-11-9-12(16(17,18)19)10-14(15(11)22-4)21-7-5-13(6-8-21)20(2)3;1-8-9-17(6)14-11-13(16(3,4)5)10-12(2)15(14)18-7;1-12-9-13(15(16,17)18)11-14(10-12)20-5-3-19(4-6-20)7-8-21-2;1-10-8-11(14(16,17)18)13(15)12(9-10)20-5-3-4-19(2)6-7-20;1-10-8-11(14(15,16)17)9-12(13(10)20-3)19-6-4-18(2)5-7-19/h11-13,16H,3-10H2,1-2H3;9-10,13H,5-8H2,1-4H3;8,10-11H,1,9H2,2-7H3;9-11H,3-8H2,1-2H3;8-9H,3-7H2,1-2H3;8-9H,4-7H2,1-3H3. The maximum atomic E-state index is 13.1. The third-order valence-electron chi connectivity index (χ3n) is 23.7. The van der Waals surface area contributed by atoms with Gasteiger partial charge in [-0.25, -0.2) is 0 Å². The molecule has 6 fully saturated rings. The third-order valence-corrected chi connectivity index (χ3v) is 24.1. The fraction of sp³-hybridized carbons (Fsp3) is 0.591. The highest BCUT2D eigenvalue weighted by atomic mass is 35.5. The van der Waals surface area contributed by atoms with Crippen LogP contribution in [0.15, 0.2) is 97.6 Å². The predicted octanol–water partition coefficient (Wildman–Crippen LogP) is 20.1. The summed E-state index contributed by atoms with van der Waals surface area (Å²) in [5, 5.41) is -0.187. The molecule has 0 unspecified atom stereocenters. The van der Waals surface area contributed by atoms with Crippen LogP contribution in [0.25, 0.3) is 0 Å². The highest BCUT2D eigenvalue weighted by Gasteiger charge is 2.39. The molecule has 6 heterocycles. The number of piperazine rings is 3. The Morgan fingerprint density at radius 3 is 1.21 bits per heavy atom. The number of methoxy groups -OCH3 is 4. The quantitative estimate of drug-likeness (QED) is 0.0681. The first-order chi connectivity index (χ1) is 58.4. The van der Waals surface area contributed by atoms with Crippen LogP contribution in [-0.4, -0.2) is 263 Å². The number of hydrogen-bond donors (Lipinski definition) is 0. The van der Waals surface area contributed by atoms with Crippen molar-refractivity contribution in [3.63, 3.8) is 0 Å². The molecule has 6 aromatic carbocycles. The second kappa shape index (κ2) is 46.0. The summed E-state index contributed by atoms with van der Waals surface area (Å²) in [4.78, 5) is 25.9. The molecule has 0 saturated carbocycles.